The predicted octanol–water partition coefficient (Wildman–Crippen LogP) is -16.3. The van der Waals surface area contributed by atoms with Gasteiger partial charge in [-0.3, -0.25) is 9.59 Å². The average molecular weight is 1720 g/mol. The van der Waals surface area contributed by atoms with E-state index in [-0.39, 0.29) is 37.6 Å². The molecule has 2 amide bonds. The average Bonchev–Trinajstić information content (AvgIpc) is 0.818. The van der Waals surface area contributed by atoms with Gasteiger partial charge in [-0.1, -0.05) is 0 Å². The second-order valence-electron chi connectivity index (χ2n) is 29.4. The summed E-state index contributed by atoms with van der Waals surface area (Å²) in [5, 5.41) is 284. The van der Waals surface area contributed by atoms with Crippen LogP contribution in [0.5, 0.6) is 0 Å². The van der Waals surface area contributed by atoms with Crippen LogP contribution in [0.25, 0.3) is 0 Å². The second-order valence-corrected chi connectivity index (χ2v) is 31.9. The quantitative estimate of drug-likeness (QED) is 0.0377. The van der Waals surface area contributed by atoms with E-state index in [1.165, 1.54) is 37.4 Å². The molecule has 0 unspecified atom stereocenters. The number of rotatable bonds is 25. The van der Waals surface area contributed by atoms with E-state index in [4.69, 9.17) is 85.3 Å². The highest BCUT2D eigenvalue weighted by Crippen LogP contribution is 2.40. The van der Waals surface area contributed by atoms with Crippen molar-refractivity contribution in [1.29, 1.82) is 0 Å². The monoisotopic (exact) mass is 1720 g/mol. The van der Waals surface area contributed by atoms with Gasteiger partial charge in [-0.15, -0.1) is 0 Å². The number of carbonyl (C=O) groups excluding carboxylic acids is 2. The topological polar surface area (TPSA) is 730 Å². The van der Waals surface area contributed by atoms with Crippen LogP contribution in [0.3, 0.4) is 0 Å². The summed E-state index contributed by atoms with van der Waals surface area (Å²) in [6.07, 6.45) is -86.1. The molecule has 0 spiro atoms. The number of nitrogens with one attached hydrogen (secondary N) is 2. The van der Waals surface area contributed by atoms with Crippen LogP contribution in [0.15, 0.2) is 0 Å². The molecule has 23 aliphatic heterocycles. The first-order valence-electron chi connectivity index (χ1n) is 37.8. The molecule has 27 N–H and O–H groups in total. The lowest BCUT2D eigenvalue weighted by Gasteiger charge is -2.50. The minimum Gasteiger partial charge on any atom is -0.394 e. The molecule has 23 aliphatic rings. The molecule has 23 fully saturated rings. The molecule has 49 heteroatoms. The first kappa shape index (κ1) is 95.2. The zero-order chi connectivity index (χ0) is 83.7. The summed E-state index contributed by atoms with van der Waals surface area (Å²) >= 11 is 2.58. The highest BCUT2D eigenvalue weighted by atomic mass is 32.2. The Morgan fingerprint density at radius 1 is 0.270 bits per heavy atom. The number of hydrogen-bond donors (Lipinski definition) is 27. The number of aliphatic hydroxyl groups excluding tert-OH is 25. The van der Waals surface area contributed by atoms with Crippen LogP contribution in [-0.4, -0.2) is 498 Å². The van der Waals surface area contributed by atoms with Crippen LogP contribution in [-0.2, 0) is 94.9 Å². The molecule has 0 aromatic heterocycles. The summed E-state index contributed by atoms with van der Waals surface area (Å²) in [5.74, 6) is -0.159. The molecule has 0 aromatic carbocycles. The largest absolute Gasteiger partial charge is 0.394 e. The highest BCUT2D eigenvalue weighted by molar-refractivity contribution is 7.99. The van der Waals surface area contributed by atoms with E-state index in [1.807, 2.05) is 0 Å². The molecule has 0 aliphatic carbocycles. The van der Waals surface area contributed by atoms with Gasteiger partial charge in [0.1, 0.15) is 208 Å². The molecule has 668 valence electrons. The minimum atomic E-state index is -2.32. The van der Waals surface area contributed by atoms with E-state index in [0.29, 0.717) is 24.3 Å². The van der Waals surface area contributed by atoms with Gasteiger partial charge in [0.25, 0.3) is 0 Å². The smallest absolute Gasteiger partial charge is 0.220 e. The van der Waals surface area contributed by atoms with Crippen LogP contribution >= 0.6 is 23.5 Å². The van der Waals surface area contributed by atoms with Gasteiger partial charge in [-0.2, -0.15) is 23.5 Å². The fourth-order valence-corrected chi connectivity index (χ4v) is 16.3. The van der Waals surface area contributed by atoms with Gasteiger partial charge in [0.05, 0.1) is 58.5 Å². The van der Waals surface area contributed by atoms with E-state index >= 15 is 0 Å². The summed E-state index contributed by atoms with van der Waals surface area (Å²) in [7, 11) is 0. The molecule has 47 nitrogen and oxygen atoms in total. The molecule has 14 bridgehead atoms. The summed E-state index contributed by atoms with van der Waals surface area (Å²) in [5.41, 5.74) is 0. The maximum atomic E-state index is 13.5. The number of aliphatic hydroxyl groups is 25. The summed E-state index contributed by atoms with van der Waals surface area (Å²) in [6.45, 7) is -3.88. The van der Waals surface area contributed by atoms with Gasteiger partial charge < -0.3 is 224 Å². The van der Waals surface area contributed by atoms with Gasteiger partial charge in [0.15, 0.2) is 56.6 Å². The van der Waals surface area contributed by atoms with Crippen LogP contribution in [0, 0.1) is 0 Å². The molecular formula is C66H112N2O45S2. The van der Waals surface area contributed by atoms with Crippen molar-refractivity contribution in [3.8, 4) is 0 Å². The van der Waals surface area contributed by atoms with E-state index in [9.17, 15) is 137 Å². The molecule has 0 radical (unpaired) electrons. The number of hydrogen-bond acceptors (Lipinski definition) is 47. The lowest BCUT2D eigenvalue weighted by Crippen LogP contribution is -2.68. The summed E-state index contributed by atoms with van der Waals surface area (Å²) < 4.78 is 105. The van der Waals surface area contributed by atoms with E-state index in [2.05, 4.69) is 10.6 Å². The fourth-order valence-electron chi connectivity index (χ4n) is 14.6. The molecule has 115 heavy (non-hydrogen) atoms. The van der Waals surface area contributed by atoms with Crippen LogP contribution in [0.1, 0.15) is 39.5 Å². The maximum Gasteiger partial charge on any atom is 0.220 e. The molecule has 23 heterocycles. The van der Waals surface area contributed by atoms with E-state index < -0.39 is 334 Å². The maximum absolute atomic E-state index is 13.5. The molecule has 45 atom stereocenters. The molecule has 23 saturated heterocycles. The molecular weight excluding hydrogens is 1600 g/mol. The number of thioether (sulfide) groups is 2. The van der Waals surface area contributed by atoms with Crippen molar-refractivity contribution in [2.75, 3.05) is 82.3 Å². The lowest BCUT2D eigenvalue weighted by atomic mass is 9.95. The predicted molar refractivity (Wildman–Crippen MR) is 370 cm³/mol. The van der Waals surface area contributed by atoms with Crippen molar-refractivity contribution >= 4 is 35.3 Å². The van der Waals surface area contributed by atoms with Gasteiger partial charge in [0, 0.05) is 37.4 Å². The molecule has 0 aromatic rings. The Hall–Kier alpha value is -2.08. The standard InChI is InChI=1S/C66H112N2O45S2/c1-20-31(76)33(78)42(87)58(98-20)96-7-3-9-114-11-5-29(74)67-13-22-51-36(81)45(90)61(101-22)110-54-25(16-70)105-65(49(94)40(54)85)113-57-28(19-73)106-66(50(95)41(57)86)112-56-27(18-72)103-63(47(92)38(56)83)108-52-23(14-68-30(75)6-12-115-10-4-8-97-59-43(88)34(79)32(77)21(2)99-59)100-60(44(89)35(52)80)109-53-24(15-69)104-64(48(93)39(53)84)111-55-26(17-71)102-62(107-51)46(91)37(55)82/h20-28,31-66,69-73,76-95H,3-19H2,1-2H3,(H,67,74)(H,68,75)/t20-,21-,22+,23+,24+,25+,26+,27+,28+,31+,32+,33+,34+,35+,36+,37+,38+,39+,40+,41+,42-,43-,44+,45+,46+,47+,48+,49+,50+,51+,52+,53+,54+,55+,56+,57+,58+,59+,60+,61+,62+,63+,64+,65+,66+/m0/s1. The Balaban J connectivity index is 0.870. The van der Waals surface area contributed by atoms with Crippen LogP contribution in [0.2, 0.25) is 0 Å². The zero-order valence-corrected chi connectivity index (χ0v) is 63.8. The number of amides is 2. The Morgan fingerprint density at radius 2 is 0.487 bits per heavy atom. The van der Waals surface area contributed by atoms with E-state index in [0.717, 1.165) is 0 Å². The Labute approximate surface area is 664 Å². The Kier molecular flexibility index (Phi) is 36.0. The number of carbonyl (C=O) groups is 2. The second kappa shape index (κ2) is 43.5. The minimum absolute atomic E-state index is 0.0416. The highest BCUT2D eigenvalue weighted by Gasteiger charge is 2.60. The lowest BCUT2D eigenvalue weighted by molar-refractivity contribution is -0.395. The van der Waals surface area contributed by atoms with Crippen molar-refractivity contribution in [1.82, 2.24) is 10.6 Å². The van der Waals surface area contributed by atoms with E-state index in [1.54, 1.807) is 0 Å². The number of ether oxygens (including phenoxy) is 18. The van der Waals surface area contributed by atoms with Gasteiger partial charge in [-0.25, -0.2) is 0 Å². The molecule has 23 rings (SSSR count). The normalized spacial score (nSPS) is 49.0. The third-order valence-corrected chi connectivity index (χ3v) is 23.6. The Bertz CT molecular complexity index is 2860. The van der Waals surface area contributed by atoms with Crippen molar-refractivity contribution in [2.24, 2.45) is 0 Å². The third-order valence-electron chi connectivity index (χ3n) is 21.4. The molecule has 0 saturated carbocycles. The van der Waals surface area contributed by atoms with Crippen LogP contribution in [0.4, 0.5) is 0 Å². The van der Waals surface area contributed by atoms with Gasteiger partial charge in [-0.05, 0) is 38.2 Å². The zero-order valence-electron chi connectivity index (χ0n) is 62.2. The van der Waals surface area contributed by atoms with Gasteiger partial charge in [0.2, 0.25) is 11.8 Å². The SMILES string of the molecule is C[C@@H]1O[C@@H](OCCCSCCC(=O)NC[C@H]2O[C@@H]3O[C@H]4[C@H](O)[C@@H](O)[C@@H](O[C@H]5[C@H](O)[C@@H](O)[C@@H](O[C@H]6[C@H](O)[C@@H](O)[C@@H](O[C@H]7[C@H](O)[C@@H](O)[C@@H](O[C@H]8[C@H](O)[C@@H](O)[C@@H](O[C@H]9[C@H](O)[C@@H](O)[C@@H](O[C@H]2[C@H](O)[C@H]3O)O[C@@H]9CO)O[C@@H]8CO)O[C@@H]7CO)O[C@@H]6CNC(=O)CCSCCCO[C@@H]2O[C@@H](C)[C@@H](O)[C@@H](O)[C@@H]2O)O[C@@H]5CO)O[C@@H]4CO)[C@@H](O)[C@H](O)[C@@H]1O. The Morgan fingerprint density at radius 3 is 0.713 bits per heavy atom. The summed E-state index contributed by atoms with van der Waals surface area (Å²) in [6, 6.07) is 0. The van der Waals surface area contributed by atoms with Gasteiger partial charge >= 0.3 is 0 Å². The van der Waals surface area contributed by atoms with Crippen LogP contribution < -0.4 is 10.6 Å². The van der Waals surface area contributed by atoms with Crippen molar-refractivity contribution in [2.45, 2.75) is 316 Å². The first-order chi connectivity index (χ1) is 54.8. The third kappa shape index (κ3) is 22.4. The van der Waals surface area contributed by atoms with Crippen molar-refractivity contribution in [3.05, 3.63) is 0 Å². The summed E-state index contributed by atoms with van der Waals surface area (Å²) in [4.78, 5) is 27.0. The first-order valence-corrected chi connectivity index (χ1v) is 40.1. The fraction of sp³-hybridized carbons (Fsp3) is 0.970. The van der Waals surface area contributed by atoms with Crippen molar-refractivity contribution in [3.63, 3.8) is 0 Å². The van der Waals surface area contributed by atoms with Crippen molar-refractivity contribution < 1.29 is 223 Å².